The van der Waals surface area contributed by atoms with Crippen LogP contribution in [0.4, 0.5) is 0 Å². The summed E-state index contributed by atoms with van der Waals surface area (Å²) in [6, 6.07) is 8.64. The standard InChI is InChI=1S/C21H26N4O2S/c1-27-18(26)10-13-25-20(15-9-12-24(14-15)16-6-2-3-7-16)19(23-21(25)28)17-8-4-5-11-22-17/h4-5,8-9,11-12,14,16,19-20H,2-3,6-7,10,13H2,1H3,(H,23,28)/t19-,20+/m1/s1. The highest BCUT2D eigenvalue weighted by Gasteiger charge is 2.40. The quantitative estimate of drug-likeness (QED) is 0.593. The van der Waals surface area contributed by atoms with Crippen molar-refractivity contribution >= 4 is 23.3 Å². The minimum absolute atomic E-state index is 0.00490. The van der Waals surface area contributed by atoms with Crippen LogP contribution in [0.1, 0.15) is 61.5 Å². The molecule has 3 heterocycles. The van der Waals surface area contributed by atoms with E-state index in [9.17, 15) is 4.79 Å². The van der Waals surface area contributed by atoms with Crippen LogP contribution in [0.2, 0.25) is 0 Å². The molecule has 2 atom stereocenters. The first-order valence-electron chi connectivity index (χ1n) is 9.89. The minimum atomic E-state index is -0.230. The van der Waals surface area contributed by atoms with Crippen molar-refractivity contribution in [1.82, 2.24) is 19.8 Å². The molecule has 148 valence electrons. The third kappa shape index (κ3) is 3.76. The maximum atomic E-state index is 11.7. The number of hydrogen-bond donors (Lipinski definition) is 1. The molecule has 0 unspecified atom stereocenters. The number of nitrogens with one attached hydrogen (secondary N) is 1. The largest absolute Gasteiger partial charge is 0.469 e. The molecule has 7 heteroatoms. The first kappa shape index (κ1) is 18.9. The van der Waals surface area contributed by atoms with E-state index in [1.54, 1.807) is 6.20 Å². The molecule has 0 bridgehead atoms. The summed E-state index contributed by atoms with van der Waals surface area (Å²) in [5, 5.41) is 4.07. The molecule has 0 spiro atoms. The molecule has 0 radical (unpaired) electrons. The number of methoxy groups -OCH3 is 1. The van der Waals surface area contributed by atoms with Crippen molar-refractivity contribution in [1.29, 1.82) is 0 Å². The summed E-state index contributed by atoms with van der Waals surface area (Å²) in [6.07, 6.45) is 11.6. The van der Waals surface area contributed by atoms with Gasteiger partial charge in [-0.25, -0.2) is 0 Å². The van der Waals surface area contributed by atoms with Crippen LogP contribution in [-0.4, -0.2) is 39.2 Å². The van der Waals surface area contributed by atoms with Crippen LogP contribution in [-0.2, 0) is 9.53 Å². The van der Waals surface area contributed by atoms with Gasteiger partial charge in [0.1, 0.15) is 0 Å². The molecule has 2 aromatic rings. The monoisotopic (exact) mass is 398 g/mol. The van der Waals surface area contributed by atoms with E-state index in [2.05, 4.69) is 38.2 Å². The Labute approximate surface area is 170 Å². The predicted octanol–water partition coefficient (Wildman–Crippen LogP) is 3.53. The van der Waals surface area contributed by atoms with Crippen LogP contribution >= 0.6 is 12.2 Å². The number of esters is 1. The topological polar surface area (TPSA) is 59.4 Å². The van der Waals surface area contributed by atoms with E-state index >= 15 is 0 Å². The molecule has 2 aliphatic rings. The highest BCUT2D eigenvalue weighted by Crippen LogP contribution is 2.40. The van der Waals surface area contributed by atoms with Gasteiger partial charge < -0.3 is 19.5 Å². The molecule has 1 N–H and O–H groups in total. The van der Waals surface area contributed by atoms with Gasteiger partial charge in [0, 0.05) is 31.2 Å². The first-order valence-corrected chi connectivity index (χ1v) is 10.3. The summed E-state index contributed by atoms with van der Waals surface area (Å²) >= 11 is 5.62. The van der Waals surface area contributed by atoms with Crippen molar-refractivity contribution in [2.24, 2.45) is 0 Å². The van der Waals surface area contributed by atoms with E-state index in [4.69, 9.17) is 17.0 Å². The van der Waals surface area contributed by atoms with Crippen molar-refractivity contribution in [3.05, 3.63) is 54.1 Å². The van der Waals surface area contributed by atoms with Gasteiger partial charge in [0.15, 0.2) is 5.11 Å². The number of nitrogens with zero attached hydrogens (tertiary/aromatic N) is 3. The Morgan fingerprint density at radius 1 is 1.32 bits per heavy atom. The average Bonchev–Trinajstić information content (AvgIpc) is 3.46. The minimum Gasteiger partial charge on any atom is -0.469 e. The van der Waals surface area contributed by atoms with Gasteiger partial charge in [-0.2, -0.15) is 0 Å². The summed E-state index contributed by atoms with van der Waals surface area (Å²) in [6.45, 7) is 0.515. The summed E-state index contributed by atoms with van der Waals surface area (Å²) < 4.78 is 7.17. The molecule has 6 nitrogen and oxygen atoms in total. The van der Waals surface area contributed by atoms with Crippen LogP contribution in [0.15, 0.2) is 42.9 Å². The molecular formula is C21H26N4O2S. The third-order valence-electron chi connectivity index (χ3n) is 5.81. The fraction of sp³-hybridized carbons (Fsp3) is 0.476. The molecule has 0 aromatic carbocycles. The molecule has 0 amide bonds. The van der Waals surface area contributed by atoms with E-state index in [1.807, 2.05) is 18.2 Å². The van der Waals surface area contributed by atoms with Gasteiger partial charge in [-0.15, -0.1) is 0 Å². The van der Waals surface area contributed by atoms with Gasteiger partial charge in [-0.1, -0.05) is 18.9 Å². The zero-order valence-electron chi connectivity index (χ0n) is 16.1. The number of pyridine rings is 1. The Morgan fingerprint density at radius 2 is 2.14 bits per heavy atom. The SMILES string of the molecule is COC(=O)CCN1C(=S)N[C@H](c2ccccn2)[C@@H]1c1ccn(C2CCCC2)c1. The second-order valence-electron chi connectivity index (χ2n) is 7.48. The Hall–Kier alpha value is -2.41. The number of rotatable bonds is 6. The Bertz CT molecular complexity index is 832. The number of aromatic nitrogens is 2. The van der Waals surface area contributed by atoms with Crippen LogP contribution in [0, 0.1) is 0 Å². The highest BCUT2D eigenvalue weighted by molar-refractivity contribution is 7.80. The number of ether oxygens (including phenoxy) is 1. The average molecular weight is 399 g/mol. The van der Waals surface area contributed by atoms with Crippen molar-refractivity contribution in [2.75, 3.05) is 13.7 Å². The lowest BCUT2D eigenvalue weighted by molar-refractivity contribution is -0.140. The first-order chi connectivity index (χ1) is 13.7. The second kappa shape index (κ2) is 8.31. The summed E-state index contributed by atoms with van der Waals surface area (Å²) in [5.41, 5.74) is 2.14. The smallest absolute Gasteiger partial charge is 0.307 e. The van der Waals surface area contributed by atoms with Gasteiger partial charge in [0.05, 0.1) is 31.3 Å². The lowest BCUT2D eigenvalue weighted by Gasteiger charge is -2.27. The molecule has 28 heavy (non-hydrogen) atoms. The molecule has 4 rings (SSSR count). The molecule has 1 saturated carbocycles. The van der Waals surface area contributed by atoms with Crippen LogP contribution < -0.4 is 5.32 Å². The molecule has 1 saturated heterocycles. The zero-order chi connectivity index (χ0) is 19.5. The fourth-order valence-corrected chi connectivity index (χ4v) is 4.69. The van der Waals surface area contributed by atoms with Gasteiger partial charge in [-0.3, -0.25) is 9.78 Å². The summed E-state index contributed by atoms with van der Waals surface area (Å²) in [4.78, 5) is 18.4. The van der Waals surface area contributed by atoms with E-state index < -0.39 is 0 Å². The summed E-state index contributed by atoms with van der Waals surface area (Å²) in [5.74, 6) is -0.230. The Kier molecular flexibility index (Phi) is 5.62. The van der Waals surface area contributed by atoms with Crippen molar-refractivity contribution in [3.63, 3.8) is 0 Å². The van der Waals surface area contributed by atoms with Gasteiger partial charge >= 0.3 is 5.97 Å². The molecular weight excluding hydrogens is 372 g/mol. The highest BCUT2D eigenvalue weighted by atomic mass is 32.1. The number of carbonyl (C=O) groups is 1. The number of hydrogen-bond acceptors (Lipinski definition) is 4. The zero-order valence-corrected chi connectivity index (χ0v) is 16.9. The van der Waals surface area contributed by atoms with Crippen LogP contribution in [0.25, 0.3) is 0 Å². The number of carbonyl (C=O) groups excluding carboxylic acids is 1. The van der Waals surface area contributed by atoms with E-state index in [0.717, 1.165) is 5.69 Å². The molecule has 2 aromatic heterocycles. The van der Waals surface area contributed by atoms with Gasteiger partial charge in [0.25, 0.3) is 0 Å². The fourth-order valence-electron chi connectivity index (χ4n) is 4.36. The third-order valence-corrected chi connectivity index (χ3v) is 6.16. The lowest BCUT2D eigenvalue weighted by Crippen LogP contribution is -2.31. The predicted molar refractivity (Wildman–Crippen MR) is 111 cm³/mol. The normalized spacial score (nSPS) is 22.5. The molecule has 1 aliphatic carbocycles. The van der Waals surface area contributed by atoms with Gasteiger partial charge in [-0.05, 0) is 48.8 Å². The van der Waals surface area contributed by atoms with Crippen molar-refractivity contribution in [3.8, 4) is 0 Å². The molecule has 1 aliphatic heterocycles. The van der Waals surface area contributed by atoms with Gasteiger partial charge in [0.2, 0.25) is 0 Å². The summed E-state index contributed by atoms with van der Waals surface area (Å²) in [7, 11) is 1.42. The maximum Gasteiger partial charge on any atom is 0.307 e. The van der Waals surface area contributed by atoms with E-state index in [1.165, 1.54) is 38.4 Å². The van der Waals surface area contributed by atoms with Crippen molar-refractivity contribution in [2.45, 2.75) is 50.2 Å². The van der Waals surface area contributed by atoms with E-state index in [-0.39, 0.29) is 18.1 Å². The molecule has 2 fully saturated rings. The van der Waals surface area contributed by atoms with E-state index in [0.29, 0.717) is 24.1 Å². The van der Waals surface area contributed by atoms with Crippen molar-refractivity contribution < 1.29 is 9.53 Å². The number of thiocarbonyl (C=S) groups is 1. The lowest BCUT2D eigenvalue weighted by atomic mass is 9.99. The Balaban J connectivity index is 1.64. The van der Waals surface area contributed by atoms with Crippen LogP contribution in [0.3, 0.4) is 0 Å². The maximum absolute atomic E-state index is 11.7. The Morgan fingerprint density at radius 3 is 2.86 bits per heavy atom. The second-order valence-corrected chi connectivity index (χ2v) is 7.86. The van der Waals surface area contributed by atoms with Crippen LogP contribution in [0.5, 0.6) is 0 Å².